The number of ether oxygens (including phenoxy) is 1. The predicted molar refractivity (Wildman–Crippen MR) is 74.6 cm³/mol. The van der Waals surface area contributed by atoms with E-state index in [4.69, 9.17) is 4.74 Å². The van der Waals surface area contributed by atoms with Crippen LogP contribution in [-0.4, -0.2) is 22.8 Å². The molecule has 102 valence electrons. The quantitative estimate of drug-likeness (QED) is 0.920. The molecule has 1 heterocycles. The molecule has 0 fully saturated rings. The van der Waals surface area contributed by atoms with Crippen molar-refractivity contribution in [2.75, 3.05) is 7.11 Å². The van der Waals surface area contributed by atoms with Crippen molar-refractivity contribution in [1.82, 2.24) is 4.57 Å². The number of benzene rings is 1. The van der Waals surface area contributed by atoms with E-state index in [9.17, 15) is 9.90 Å². The molecule has 0 aliphatic heterocycles. The fraction of sp³-hybridized carbons (Fsp3) is 0.400. The standard InChI is InChI=1S/C15H19NO3/c1-15(2,14(17)18)9-10-8-11-12(16(10)3)6-5-7-13(11)19-4/h5-8H,9H2,1-4H3,(H,17,18). The highest BCUT2D eigenvalue weighted by Gasteiger charge is 2.29. The fourth-order valence-electron chi connectivity index (χ4n) is 2.26. The number of aryl methyl sites for hydroxylation is 1. The molecule has 0 spiro atoms. The maximum atomic E-state index is 11.2. The van der Waals surface area contributed by atoms with Gasteiger partial charge in [0, 0.05) is 24.5 Å². The van der Waals surface area contributed by atoms with Crippen molar-refractivity contribution < 1.29 is 14.6 Å². The molecule has 0 bridgehead atoms. The van der Waals surface area contributed by atoms with Crippen LogP contribution in [0.4, 0.5) is 0 Å². The number of carboxylic acid groups (broad SMARTS) is 1. The number of hydrogen-bond acceptors (Lipinski definition) is 2. The molecule has 2 aromatic rings. The lowest BCUT2D eigenvalue weighted by molar-refractivity contribution is -0.146. The van der Waals surface area contributed by atoms with Crippen molar-refractivity contribution in [2.45, 2.75) is 20.3 Å². The zero-order valence-corrected chi connectivity index (χ0v) is 11.7. The van der Waals surface area contributed by atoms with Crippen LogP contribution in [0, 0.1) is 5.41 Å². The lowest BCUT2D eigenvalue weighted by Gasteiger charge is -2.19. The molecule has 1 aromatic heterocycles. The van der Waals surface area contributed by atoms with Gasteiger partial charge < -0.3 is 14.4 Å². The first-order valence-electron chi connectivity index (χ1n) is 6.21. The highest BCUT2D eigenvalue weighted by atomic mass is 16.5. The molecule has 0 aliphatic rings. The third kappa shape index (κ3) is 2.30. The molecule has 0 radical (unpaired) electrons. The molecule has 0 unspecified atom stereocenters. The minimum atomic E-state index is -0.787. The van der Waals surface area contributed by atoms with Crippen molar-refractivity contribution in [3.05, 3.63) is 30.0 Å². The number of carbonyl (C=O) groups is 1. The summed E-state index contributed by atoms with van der Waals surface area (Å²) in [5, 5.41) is 10.3. The summed E-state index contributed by atoms with van der Waals surface area (Å²) < 4.78 is 7.37. The average molecular weight is 261 g/mol. The summed E-state index contributed by atoms with van der Waals surface area (Å²) in [6, 6.07) is 7.87. The summed E-state index contributed by atoms with van der Waals surface area (Å²) in [5.74, 6) is 0.0252. The number of rotatable bonds is 4. The van der Waals surface area contributed by atoms with E-state index < -0.39 is 11.4 Å². The second-order valence-electron chi connectivity index (χ2n) is 5.45. The van der Waals surface area contributed by atoms with Gasteiger partial charge in [-0.25, -0.2) is 0 Å². The first-order chi connectivity index (χ1) is 8.86. The summed E-state index contributed by atoms with van der Waals surface area (Å²) in [6.07, 6.45) is 0.483. The van der Waals surface area contributed by atoms with E-state index in [1.807, 2.05) is 35.9 Å². The molecular weight excluding hydrogens is 242 g/mol. The molecule has 1 aromatic carbocycles. The Morgan fingerprint density at radius 2 is 2.11 bits per heavy atom. The number of aliphatic carboxylic acids is 1. The van der Waals surface area contributed by atoms with Crippen LogP contribution in [0.15, 0.2) is 24.3 Å². The minimum Gasteiger partial charge on any atom is -0.496 e. The Labute approximate surface area is 112 Å². The fourth-order valence-corrected chi connectivity index (χ4v) is 2.26. The van der Waals surface area contributed by atoms with E-state index >= 15 is 0 Å². The van der Waals surface area contributed by atoms with E-state index in [0.29, 0.717) is 6.42 Å². The van der Waals surface area contributed by atoms with Gasteiger partial charge in [0.25, 0.3) is 0 Å². The van der Waals surface area contributed by atoms with Crippen molar-refractivity contribution >= 4 is 16.9 Å². The monoisotopic (exact) mass is 261 g/mol. The molecule has 0 saturated heterocycles. The molecule has 0 saturated carbocycles. The van der Waals surface area contributed by atoms with E-state index in [1.165, 1.54) is 0 Å². The maximum absolute atomic E-state index is 11.2. The van der Waals surface area contributed by atoms with Crippen LogP contribution in [0.3, 0.4) is 0 Å². The van der Waals surface area contributed by atoms with Gasteiger partial charge in [0.2, 0.25) is 0 Å². The molecule has 19 heavy (non-hydrogen) atoms. The molecule has 4 nitrogen and oxygen atoms in total. The topological polar surface area (TPSA) is 51.5 Å². The maximum Gasteiger partial charge on any atom is 0.309 e. The summed E-state index contributed by atoms with van der Waals surface area (Å²) in [7, 11) is 3.59. The van der Waals surface area contributed by atoms with Crippen molar-refractivity contribution in [1.29, 1.82) is 0 Å². The lowest BCUT2D eigenvalue weighted by Crippen LogP contribution is -2.27. The Kier molecular flexibility index (Phi) is 3.27. The van der Waals surface area contributed by atoms with Gasteiger partial charge in [-0.3, -0.25) is 4.79 Å². The van der Waals surface area contributed by atoms with Gasteiger partial charge >= 0.3 is 5.97 Å². The van der Waals surface area contributed by atoms with Crippen LogP contribution in [0.2, 0.25) is 0 Å². The number of methoxy groups -OCH3 is 1. The van der Waals surface area contributed by atoms with E-state index in [2.05, 4.69) is 0 Å². The Bertz CT molecular complexity index is 626. The van der Waals surface area contributed by atoms with Crippen molar-refractivity contribution in [3.8, 4) is 5.75 Å². The van der Waals surface area contributed by atoms with E-state index in [1.54, 1.807) is 21.0 Å². The molecule has 1 N–H and O–H groups in total. The number of aromatic nitrogens is 1. The van der Waals surface area contributed by atoms with Crippen LogP contribution < -0.4 is 4.74 Å². The highest BCUT2D eigenvalue weighted by molar-refractivity contribution is 5.87. The SMILES string of the molecule is COc1cccc2c1cc(CC(C)(C)C(=O)O)n2C. The summed E-state index contributed by atoms with van der Waals surface area (Å²) in [4.78, 5) is 11.2. The van der Waals surface area contributed by atoms with Gasteiger partial charge in [-0.05, 0) is 32.0 Å². The minimum absolute atomic E-state index is 0.483. The van der Waals surface area contributed by atoms with Gasteiger partial charge in [0.15, 0.2) is 0 Å². The first-order valence-corrected chi connectivity index (χ1v) is 6.21. The summed E-state index contributed by atoms with van der Waals surface area (Å²) in [5.41, 5.74) is 1.26. The molecule has 2 rings (SSSR count). The number of fused-ring (bicyclic) bond motifs is 1. The second-order valence-corrected chi connectivity index (χ2v) is 5.45. The van der Waals surface area contributed by atoms with Crippen molar-refractivity contribution in [3.63, 3.8) is 0 Å². The zero-order chi connectivity index (χ0) is 14.2. The second kappa shape index (κ2) is 4.61. The average Bonchev–Trinajstić information content (AvgIpc) is 2.66. The first kappa shape index (κ1) is 13.5. The Morgan fingerprint density at radius 3 is 2.68 bits per heavy atom. The van der Waals surface area contributed by atoms with Gasteiger partial charge in [0.1, 0.15) is 5.75 Å². The third-order valence-electron chi connectivity index (χ3n) is 3.57. The van der Waals surface area contributed by atoms with E-state index in [0.717, 1.165) is 22.3 Å². The molecule has 0 amide bonds. The number of nitrogens with zero attached hydrogens (tertiary/aromatic N) is 1. The van der Waals surface area contributed by atoms with Crippen molar-refractivity contribution in [2.24, 2.45) is 12.5 Å². The normalized spacial score (nSPS) is 11.8. The van der Waals surface area contributed by atoms with Crippen LogP contribution in [0.1, 0.15) is 19.5 Å². The molecule has 4 heteroatoms. The Morgan fingerprint density at radius 1 is 1.42 bits per heavy atom. The molecular formula is C15H19NO3. The Hall–Kier alpha value is -1.97. The number of hydrogen-bond donors (Lipinski definition) is 1. The summed E-state index contributed by atoms with van der Waals surface area (Å²) in [6.45, 7) is 3.48. The molecule has 0 aliphatic carbocycles. The lowest BCUT2D eigenvalue weighted by atomic mass is 9.88. The Balaban J connectivity index is 2.51. The number of carboxylic acids is 1. The van der Waals surface area contributed by atoms with Gasteiger partial charge in [-0.15, -0.1) is 0 Å². The molecule has 0 atom stereocenters. The highest BCUT2D eigenvalue weighted by Crippen LogP contribution is 2.31. The third-order valence-corrected chi connectivity index (χ3v) is 3.57. The van der Waals surface area contributed by atoms with Gasteiger partial charge in [-0.2, -0.15) is 0 Å². The van der Waals surface area contributed by atoms with Crippen LogP contribution in [-0.2, 0) is 18.3 Å². The zero-order valence-electron chi connectivity index (χ0n) is 11.7. The van der Waals surface area contributed by atoms with Gasteiger partial charge in [-0.1, -0.05) is 6.07 Å². The van der Waals surface area contributed by atoms with Gasteiger partial charge in [0.05, 0.1) is 18.0 Å². The van der Waals surface area contributed by atoms with Crippen LogP contribution in [0.5, 0.6) is 5.75 Å². The largest absolute Gasteiger partial charge is 0.496 e. The van der Waals surface area contributed by atoms with Crippen LogP contribution >= 0.6 is 0 Å². The smallest absolute Gasteiger partial charge is 0.309 e. The van der Waals surface area contributed by atoms with Crippen LogP contribution in [0.25, 0.3) is 10.9 Å². The predicted octanol–water partition coefficient (Wildman–Crippen LogP) is 2.84. The van der Waals surface area contributed by atoms with E-state index in [-0.39, 0.29) is 0 Å². The summed E-state index contributed by atoms with van der Waals surface area (Å²) >= 11 is 0.